The number of methoxy groups -OCH3 is 1. The van der Waals surface area contributed by atoms with Gasteiger partial charge in [0.2, 0.25) is 0 Å². The number of thiophene rings is 1. The molecule has 0 amide bonds. The number of hydrogen-bond acceptors (Lipinski definition) is 4. The Morgan fingerprint density at radius 1 is 1.48 bits per heavy atom. The molecule has 1 atom stereocenters. The molecule has 1 N–H and O–H groups in total. The molecule has 1 aromatic heterocycles. The van der Waals surface area contributed by atoms with Crippen molar-refractivity contribution in [1.29, 1.82) is 0 Å². The number of likely N-dealkylation sites (tertiary alicyclic amines) is 1. The van der Waals surface area contributed by atoms with E-state index in [-0.39, 0.29) is 0 Å². The van der Waals surface area contributed by atoms with Crippen molar-refractivity contribution in [3.63, 3.8) is 0 Å². The van der Waals surface area contributed by atoms with E-state index in [1.165, 1.54) is 4.88 Å². The first kappa shape index (κ1) is 18.5. The lowest BCUT2D eigenvalue weighted by molar-refractivity contribution is 0.0536. The molecule has 0 aliphatic carbocycles. The molecular formula is C16H26ClN3O2S. The number of nitrogens with zero attached hydrogens (tertiary/aromatic N) is 2. The van der Waals surface area contributed by atoms with Gasteiger partial charge in [0.05, 0.1) is 24.2 Å². The Balaban J connectivity index is 1.67. The van der Waals surface area contributed by atoms with Crippen molar-refractivity contribution in [2.75, 3.05) is 53.6 Å². The van der Waals surface area contributed by atoms with Crippen LogP contribution in [0.2, 0.25) is 4.34 Å². The van der Waals surface area contributed by atoms with Crippen LogP contribution >= 0.6 is 22.9 Å². The molecule has 23 heavy (non-hydrogen) atoms. The van der Waals surface area contributed by atoms with Crippen LogP contribution in [-0.2, 0) is 15.9 Å². The Kier molecular flexibility index (Phi) is 8.16. The number of aliphatic imine (C=N–C) groups is 1. The normalized spacial score (nSPS) is 18.7. The zero-order chi connectivity index (χ0) is 16.5. The maximum absolute atomic E-state index is 5.96. The van der Waals surface area contributed by atoms with Crippen molar-refractivity contribution in [2.45, 2.75) is 12.8 Å². The minimum atomic E-state index is 0.571. The van der Waals surface area contributed by atoms with Gasteiger partial charge in [-0.25, -0.2) is 0 Å². The van der Waals surface area contributed by atoms with Crippen LogP contribution in [0.4, 0.5) is 0 Å². The van der Waals surface area contributed by atoms with Crippen molar-refractivity contribution < 1.29 is 9.47 Å². The molecule has 1 saturated heterocycles. The predicted molar refractivity (Wildman–Crippen MR) is 96.8 cm³/mol. The van der Waals surface area contributed by atoms with Crippen molar-refractivity contribution >= 4 is 28.9 Å². The molecular weight excluding hydrogens is 334 g/mol. The topological polar surface area (TPSA) is 46.1 Å². The third kappa shape index (κ3) is 6.30. The Morgan fingerprint density at radius 2 is 2.35 bits per heavy atom. The fraction of sp³-hybridized carbons (Fsp3) is 0.688. The maximum Gasteiger partial charge on any atom is 0.193 e. The Morgan fingerprint density at radius 3 is 3.04 bits per heavy atom. The Hall–Kier alpha value is -0.820. The third-order valence-electron chi connectivity index (χ3n) is 3.87. The largest absolute Gasteiger partial charge is 0.382 e. The van der Waals surface area contributed by atoms with Crippen LogP contribution in [0.1, 0.15) is 11.3 Å². The van der Waals surface area contributed by atoms with Crippen LogP contribution in [-0.4, -0.2) is 64.5 Å². The molecule has 2 heterocycles. The molecule has 0 bridgehead atoms. The van der Waals surface area contributed by atoms with Gasteiger partial charge in [-0.1, -0.05) is 11.6 Å². The summed E-state index contributed by atoms with van der Waals surface area (Å²) in [5.74, 6) is 1.55. The number of halogens is 1. The predicted octanol–water partition coefficient (Wildman–Crippen LogP) is 2.50. The standard InChI is InChI=1S/C16H26ClN3O2S/c1-18-16(19-7-5-14-3-4-15(17)23-14)20-8-6-13(11-20)12-22-10-9-21-2/h3-4,13H,5-12H2,1-2H3,(H,18,19). The molecule has 0 saturated carbocycles. The van der Waals surface area contributed by atoms with Crippen LogP contribution in [0.25, 0.3) is 0 Å². The SMILES string of the molecule is CN=C(NCCc1ccc(Cl)s1)N1CCC(COCCOC)C1. The van der Waals surface area contributed by atoms with E-state index in [1.807, 2.05) is 13.1 Å². The molecule has 0 radical (unpaired) electrons. The van der Waals surface area contributed by atoms with E-state index in [1.54, 1.807) is 18.4 Å². The van der Waals surface area contributed by atoms with E-state index in [9.17, 15) is 0 Å². The number of ether oxygens (including phenoxy) is 2. The van der Waals surface area contributed by atoms with E-state index in [0.717, 1.165) is 49.4 Å². The van der Waals surface area contributed by atoms with E-state index in [0.29, 0.717) is 19.1 Å². The van der Waals surface area contributed by atoms with Gasteiger partial charge in [0, 0.05) is 44.6 Å². The molecule has 0 aromatic carbocycles. The van der Waals surface area contributed by atoms with Gasteiger partial charge in [-0.15, -0.1) is 11.3 Å². The van der Waals surface area contributed by atoms with E-state index >= 15 is 0 Å². The zero-order valence-electron chi connectivity index (χ0n) is 13.9. The van der Waals surface area contributed by atoms with Crippen molar-refractivity contribution in [1.82, 2.24) is 10.2 Å². The zero-order valence-corrected chi connectivity index (χ0v) is 15.5. The molecule has 1 aliphatic rings. The van der Waals surface area contributed by atoms with E-state index in [4.69, 9.17) is 21.1 Å². The minimum absolute atomic E-state index is 0.571. The molecule has 130 valence electrons. The van der Waals surface area contributed by atoms with Gasteiger partial charge in [-0.3, -0.25) is 4.99 Å². The van der Waals surface area contributed by atoms with Crippen LogP contribution in [0, 0.1) is 5.92 Å². The molecule has 1 aromatic rings. The summed E-state index contributed by atoms with van der Waals surface area (Å²) in [6.07, 6.45) is 2.11. The smallest absolute Gasteiger partial charge is 0.193 e. The molecule has 0 spiro atoms. The highest BCUT2D eigenvalue weighted by molar-refractivity contribution is 7.16. The number of guanidine groups is 1. The quantitative estimate of drug-likeness (QED) is 0.440. The van der Waals surface area contributed by atoms with Gasteiger partial charge >= 0.3 is 0 Å². The summed E-state index contributed by atoms with van der Waals surface area (Å²) >= 11 is 7.59. The van der Waals surface area contributed by atoms with Gasteiger partial charge in [0.25, 0.3) is 0 Å². The second kappa shape index (κ2) is 10.1. The minimum Gasteiger partial charge on any atom is -0.382 e. The molecule has 1 fully saturated rings. The molecule has 7 heteroatoms. The van der Waals surface area contributed by atoms with Gasteiger partial charge in [-0.05, 0) is 25.0 Å². The highest BCUT2D eigenvalue weighted by Gasteiger charge is 2.24. The van der Waals surface area contributed by atoms with Crippen molar-refractivity contribution in [2.24, 2.45) is 10.9 Å². The summed E-state index contributed by atoms with van der Waals surface area (Å²) in [6.45, 7) is 5.02. The highest BCUT2D eigenvalue weighted by atomic mass is 35.5. The number of rotatable bonds is 8. The van der Waals surface area contributed by atoms with Gasteiger partial charge in [-0.2, -0.15) is 0 Å². The summed E-state index contributed by atoms with van der Waals surface area (Å²) in [7, 11) is 3.53. The lowest BCUT2D eigenvalue weighted by Gasteiger charge is -2.21. The van der Waals surface area contributed by atoms with E-state index < -0.39 is 0 Å². The fourth-order valence-corrected chi connectivity index (χ4v) is 3.76. The first-order chi connectivity index (χ1) is 11.2. The number of hydrogen-bond donors (Lipinski definition) is 1. The van der Waals surface area contributed by atoms with E-state index in [2.05, 4.69) is 21.3 Å². The molecule has 2 rings (SSSR count). The summed E-state index contributed by atoms with van der Waals surface area (Å²) in [6, 6.07) is 4.03. The average Bonchev–Trinajstić information content (AvgIpc) is 3.17. The maximum atomic E-state index is 5.96. The summed E-state index contributed by atoms with van der Waals surface area (Å²) < 4.78 is 11.5. The van der Waals surface area contributed by atoms with Crippen molar-refractivity contribution in [3.8, 4) is 0 Å². The lowest BCUT2D eigenvalue weighted by atomic mass is 10.1. The van der Waals surface area contributed by atoms with Gasteiger partial charge < -0.3 is 19.7 Å². The van der Waals surface area contributed by atoms with Crippen LogP contribution in [0.5, 0.6) is 0 Å². The first-order valence-electron chi connectivity index (χ1n) is 7.99. The Labute approximate surface area is 147 Å². The summed E-state index contributed by atoms with van der Waals surface area (Å²) in [5, 5.41) is 3.44. The molecule has 1 aliphatic heterocycles. The Bertz CT molecular complexity index is 495. The average molecular weight is 360 g/mol. The number of nitrogens with one attached hydrogen (secondary N) is 1. The van der Waals surface area contributed by atoms with Gasteiger partial charge in [0.15, 0.2) is 5.96 Å². The van der Waals surface area contributed by atoms with Gasteiger partial charge in [0.1, 0.15) is 0 Å². The monoisotopic (exact) mass is 359 g/mol. The third-order valence-corrected chi connectivity index (χ3v) is 5.16. The second-order valence-corrected chi connectivity index (χ2v) is 7.40. The van der Waals surface area contributed by atoms with Crippen molar-refractivity contribution in [3.05, 3.63) is 21.3 Å². The summed E-state index contributed by atoms with van der Waals surface area (Å²) in [5.41, 5.74) is 0. The highest BCUT2D eigenvalue weighted by Crippen LogP contribution is 2.21. The van der Waals surface area contributed by atoms with Crippen LogP contribution in [0.3, 0.4) is 0 Å². The first-order valence-corrected chi connectivity index (χ1v) is 9.19. The second-order valence-electron chi connectivity index (χ2n) is 5.60. The molecule has 1 unspecified atom stereocenters. The lowest BCUT2D eigenvalue weighted by Crippen LogP contribution is -2.41. The van der Waals surface area contributed by atoms with Crippen LogP contribution < -0.4 is 5.32 Å². The summed E-state index contributed by atoms with van der Waals surface area (Å²) in [4.78, 5) is 8.01. The fourth-order valence-electron chi connectivity index (χ4n) is 2.67. The van der Waals surface area contributed by atoms with Crippen LogP contribution in [0.15, 0.2) is 17.1 Å². The molecule has 5 nitrogen and oxygen atoms in total.